The number of benzene rings is 1. The highest BCUT2D eigenvalue weighted by Crippen LogP contribution is 2.36. The average molecular weight is 341 g/mol. The Morgan fingerprint density at radius 1 is 1.20 bits per heavy atom. The Bertz CT molecular complexity index is 748. The second kappa shape index (κ2) is 6.15. The van der Waals surface area contributed by atoms with Gasteiger partial charge in [-0.15, -0.1) is 0 Å². The van der Waals surface area contributed by atoms with Gasteiger partial charge in [-0.25, -0.2) is 0 Å². The molecule has 25 heavy (non-hydrogen) atoms. The van der Waals surface area contributed by atoms with Crippen molar-refractivity contribution in [1.29, 1.82) is 0 Å². The first-order chi connectivity index (χ1) is 12.3. The van der Waals surface area contributed by atoms with Crippen molar-refractivity contribution in [3.05, 3.63) is 36.1 Å². The standard InChI is InChI=1S/C20H23NO4/c22-20(18-11-14-3-1-2-4-16(14)25-18)21-9-10-23-17-8-7-15(21)19(17)24-12-13-5-6-13/h1-4,11,13,15,17,19H,5-10,12H2/t15-,17-,19-/m0/s1. The molecule has 3 aliphatic rings. The van der Waals surface area contributed by atoms with Crippen LogP contribution in [0.4, 0.5) is 0 Å². The normalized spacial score (nSPS) is 29.1. The number of para-hydroxylation sites is 1. The number of amides is 1. The van der Waals surface area contributed by atoms with Crippen LogP contribution >= 0.6 is 0 Å². The molecule has 1 aromatic carbocycles. The second-order valence-corrected chi connectivity index (χ2v) is 7.44. The molecule has 1 amide bonds. The number of rotatable bonds is 4. The SMILES string of the molecule is O=C(c1cc2ccccc2o1)N1CCO[C@H]2CC[C@H]1[C@@H]2OCC1CC1. The van der Waals surface area contributed by atoms with E-state index in [0.29, 0.717) is 24.8 Å². The number of furan rings is 1. The summed E-state index contributed by atoms with van der Waals surface area (Å²) in [6.45, 7) is 1.96. The number of carbonyl (C=O) groups is 1. The van der Waals surface area contributed by atoms with E-state index in [1.807, 2.05) is 35.2 Å². The van der Waals surface area contributed by atoms with Crippen molar-refractivity contribution in [3.8, 4) is 0 Å². The minimum atomic E-state index is -0.0487. The summed E-state index contributed by atoms with van der Waals surface area (Å²) >= 11 is 0. The van der Waals surface area contributed by atoms with E-state index >= 15 is 0 Å². The third kappa shape index (κ3) is 2.85. The lowest BCUT2D eigenvalue weighted by Crippen LogP contribution is -2.46. The van der Waals surface area contributed by atoms with Gasteiger partial charge < -0.3 is 18.8 Å². The summed E-state index contributed by atoms with van der Waals surface area (Å²) in [5.41, 5.74) is 0.753. The van der Waals surface area contributed by atoms with Crippen molar-refractivity contribution < 1.29 is 18.7 Å². The molecule has 132 valence electrons. The van der Waals surface area contributed by atoms with Gasteiger partial charge in [0, 0.05) is 18.5 Å². The topological polar surface area (TPSA) is 51.9 Å². The highest BCUT2D eigenvalue weighted by atomic mass is 16.5. The van der Waals surface area contributed by atoms with Gasteiger partial charge in [0.1, 0.15) is 11.7 Å². The van der Waals surface area contributed by atoms with Gasteiger partial charge in [-0.2, -0.15) is 0 Å². The average Bonchev–Trinajstić information content (AvgIpc) is 3.24. The lowest BCUT2D eigenvalue weighted by Gasteiger charge is -2.30. The molecule has 5 rings (SSSR count). The quantitative estimate of drug-likeness (QED) is 0.857. The zero-order valence-electron chi connectivity index (χ0n) is 14.2. The fourth-order valence-corrected chi connectivity index (χ4v) is 4.12. The van der Waals surface area contributed by atoms with E-state index in [1.54, 1.807) is 0 Å². The van der Waals surface area contributed by atoms with Gasteiger partial charge in [0.2, 0.25) is 0 Å². The van der Waals surface area contributed by atoms with Gasteiger partial charge in [-0.3, -0.25) is 4.79 Å². The van der Waals surface area contributed by atoms with Crippen LogP contribution in [0.25, 0.3) is 11.0 Å². The Morgan fingerprint density at radius 2 is 2.08 bits per heavy atom. The molecule has 2 saturated carbocycles. The predicted molar refractivity (Wildman–Crippen MR) is 92.5 cm³/mol. The highest BCUT2D eigenvalue weighted by Gasteiger charge is 2.45. The van der Waals surface area contributed by atoms with Crippen LogP contribution in [0.5, 0.6) is 0 Å². The van der Waals surface area contributed by atoms with Crippen LogP contribution in [0.1, 0.15) is 36.2 Å². The molecular weight excluding hydrogens is 318 g/mol. The summed E-state index contributed by atoms with van der Waals surface area (Å²) in [6, 6.07) is 9.67. The number of hydrogen-bond acceptors (Lipinski definition) is 4. The molecule has 0 unspecified atom stereocenters. The maximum absolute atomic E-state index is 13.1. The van der Waals surface area contributed by atoms with E-state index in [9.17, 15) is 4.79 Å². The summed E-state index contributed by atoms with van der Waals surface area (Å²) in [6.07, 6.45) is 4.55. The molecule has 1 saturated heterocycles. The van der Waals surface area contributed by atoms with E-state index in [2.05, 4.69) is 0 Å². The first kappa shape index (κ1) is 15.4. The van der Waals surface area contributed by atoms with Crippen LogP contribution in [0.3, 0.4) is 0 Å². The molecule has 2 bridgehead atoms. The monoisotopic (exact) mass is 341 g/mol. The molecule has 1 aromatic heterocycles. The third-order valence-corrected chi connectivity index (χ3v) is 5.68. The second-order valence-electron chi connectivity index (χ2n) is 7.44. The van der Waals surface area contributed by atoms with Crippen LogP contribution in [0, 0.1) is 5.92 Å². The maximum atomic E-state index is 13.1. The highest BCUT2D eigenvalue weighted by molar-refractivity contribution is 5.96. The number of hydrogen-bond donors (Lipinski definition) is 0. The van der Waals surface area contributed by atoms with Crippen molar-refractivity contribution in [2.24, 2.45) is 5.92 Å². The first-order valence-electron chi connectivity index (χ1n) is 9.32. The van der Waals surface area contributed by atoms with Gasteiger partial charge >= 0.3 is 0 Å². The first-order valence-corrected chi connectivity index (χ1v) is 9.32. The number of carbonyl (C=O) groups excluding carboxylic acids is 1. The van der Waals surface area contributed by atoms with Gasteiger partial charge in [-0.05, 0) is 43.7 Å². The van der Waals surface area contributed by atoms with Gasteiger partial charge in [-0.1, -0.05) is 18.2 Å². The molecule has 2 aromatic rings. The number of fused-ring (bicyclic) bond motifs is 3. The minimum Gasteiger partial charge on any atom is -0.451 e. The number of nitrogens with zero attached hydrogens (tertiary/aromatic N) is 1. The largest absolute Gasteiger partial charge is 0.451 e. The lowest BCUT2D eigenvalue weighted by atomic mass is 10.1. The number of ether oxygens (including phenoxy) is 2. The molecule has 2 heterocycles. The van der Waals surface area contributed by atoms with E-state index < -0.39 is 0 Å². The Labute approximate surface area is 146 Å². The van der Waals surface area contributed by atoms with Gasteiger partial charge in [0.25, 0.3) is 5.91 Å². The van der Waals surface area contributed by atoms with Crippen LogP contribution in [-0.2, 0) is 9.47 Å². The predicted octanol–water partition coefficient (Wildman–Crippen LogP) is 3.23. The Morgan fingerprint density at radius 3 is 2.92 bits per heavy atom. The fourth-order valence-electron chi connectivity index (χ4n) is 4.12. The molecule has 5 nitrogen and oxygen atoms in total. The Kier molecular flexibility index (Phi) is 3.79. The zero-order chi connectivity index (χ0) is 16.8. The molecular formula is C20H23NO4. The zero-order valence-corrected chi connectivity index (χ0v) is 14.2. The minimum absolute atomic E-state index is 0.00331. The van der Waals surface area contributed by atoms with E-state index in [0.717, 1.165) is 30.4 Å². The fraction of sp³-hybridized carbons (Fsp3) is 0.550. The molecule has 3 fully saturated rings. The molecule has 0 spiro atoms. The van der Waals surface area contributed by atoms with Crippen molar-refractivity contribution in [2.45, 2.75) is 43.9 Å². The molecule has 2 aliphatic carbocycles. The summed E-state index contributed by atoms with van der Waals surface area (Å²) in [7, 11) is 0. The molecule has 0 radical (unpaired) electrons. The molecule has 3 atom stereocenters. The van der Waals surface area contributed by atoms with E-state index in [1.165, 1.54) is 12.8 Å². The Balaban J connectivity index is 1.39. The van der Waals surface area contributed by atoms with Crippen LogP contribution in [-0.4, -0.2) is 48.8 Å². The van der Waals surface area contributed by atoms with Crippen molar-refractivity contribution >= 4 is 16.9 Å². The van der Waals surface area contributed by atoms with E-state index in [-0.39, 0.29) is 24.2 Å². The van der Waals surface area contributed by atoms with Gasteiger partial charge in [0.15, 0.2) is 5.76 Å². The molecule has 0 N–H and O–H groups in total. The van der Waals surface area contributed by atoms with Crippen LogP contribution in [0.2, 0.25) is 0 Å². The smallest absolute Gasteiger partial charge is 0.290 e. The molecule has 5 heteroatoms. The summed E-state index contributed by atoms with van der Waals surface area (Å²) in [4.78, 5) is 15.0. The maximum Gasteiger partial charge on any atom is 0.290 e. The van der Waals surface area contributed by atoms with Gasteiger partial charge in [0.05, 0.1) is 18.8 Å². The van der Waals surface area contributed by atoms with Crippen LogP contribution < -0.4 is 0 Å². The summed E-state index contributed by atoms with van der Waals surface area (Å²) in [5, 5.41) is 0.961. The van der Waals surface area contributed by atoms with Crippen LogP contribution in [0.15, 0.2) is 34.7 Å². The van der Waals surface area contributed by atoms with Crippen molar-refractivity contribution in [2.75, 3.05) is 19.8 Å². The Hall–Kier alpha value is -1.85. The van der Waals surface area contributed by atoms with E-state index in [4.69, 9.17) is 13.9 Å². The van der Waals surface area contributed by atoms with Crippen molar-refractivity contribution in [1.82, 2.24) is 4.90 Å². The summed E-state index contributed by atoms with van der Waals surface area (Å²) < 4.78 is 18.0. The lowest BCUT2D eigenvalue weighted by molar-refractivity contribution is -0.0557. The molecule has 1 aliphatic heterocycles. The summed E-state index contributed by atoms with van der Waals surface area (Å²) in [5.74, 6) is 1.07. The third-order valence-electron chi connectivity index (χ3n) is 5.68. The van der Waals surface area contributed by atoms with Crippen molar-refractivity contribution in [3.63, 3.8) is 0 Å².